The molecule has 48 heavy (non-hydrogen) atoms. The van der Waals surface area contributed by atoms with Crippen molar-refractivity contribution in [2.24, 2.45) is 5.41 Å². The van der Waals surface area contributed by atoms with E-state index in [1.165, 1.54) is 11.8 Å². The van der Waals surface area contributed by atoms with Crippen molar-refractivity contribution < 1.29 is 27.5 Å². The third kappa shape index (κ3) is 6.86. The molecule has 4 heterocycles. The van der Waals surface area contributed by atoms with Gasteiger partial charge in [-0.05, 0) is 43.2 Å². The number of nitrogens with one attached hydrogen (secondary N) is 1. The van der Waals surface area contributed by atoms with Crippen LogP contribution in [-0.2, 0) is 22.3 Å². The minimum absolute atomic E-state index is 0.0550. The number of fused-ring (bicyclic) bond motifs is 1. The second kappa shape index (κ2) is 13.2. The van der Waals surface area contributed by atoms with Crippen molar-refractivity contribution in [1.82, 2.24) is 14.8 Å². The van der Waals surface area contributed by atoms with Gasteiger partial charge in [-0.1, -0.05) is 41.9 Å². The number of likely N-dealkylation sites (tertiary alicyclic amines) is 2. The topological polar surface area (TPSA) is 105 Å². The van der Waals surface area contributed by atoms with Crippen LogP contribution in [0, 0.1) is 23.7 Å². The molecule has 10 nitrogen and oxygen atoms in total. The van der Waals surface area contributed by atoms with Crippen molar-refractivity contribution >= 4 is 40.8 Å². The number of hydrogen-bond acceptors (Lipinski definition) is 8. The summed E-state index contributed by atoms with van der Waals surface area (Å²) in [5, 5.41) is 13.0. The third-order valence-corrected chi connectivity index (χ3v) is 9.39. The van der Waals surface area contributed by atoms with Crippen LogP contribution in [0.3, 0.4) is 0 Å². The molecule has 2 saturated heterocycles. The maximum Gasteiger partial charge on any atom is 0.417 e. The molecule has 1 aromatic heterocycles. The quantitative estimate of drug-likeness (QED) is 0.347. The smallest absolute Gasteiger partial charge is 0.417 e. The molecule has 1 spiro atoms. The number of hydrogen-bond donors (Lipinski definition) is 1. The summed E-state index contributed by atoms with van der Waals surface area (Å²) in [6.07, 6.45) is -4.83. The average molecular weight is 682 g/mol. The molecule has 2 aromatic carbocycles. The number of pyridine rings is 1. The lowest BCUT2D eigenvalue weighted by molar-refractivity contribution is -0.137. The van der Waals surface area contributed by atoms with Crippen molar-refractivity contribution in [3.8, 4) is 6.07 Å². The van der Waals surface area contributed by atoms with Crippen LogP contribution in [-0.4, -0.2) is 85.7 Å². The van der Waals surface area contributed by atoms with E-state index >= 15 is 0 Å². The highest BCUT2D eigenvalue weighted by molar-refractivity contribution is 6.31. The normalized spacial score (nSPS) is 19.1. The van der Waals surface area contributed by atoms with Gasteiger partial charge in [0.25, 0.3) is 0 Å². The maximum atomic E-state index is 13.8. The van der Waals surface area contributed by atoms with Crippen LogP contribution in [0.2, 0.25) is 5.02 Å². The fourth-order valence-corrected chi connectivity index (χ4v) is 6.95. The minimum atomic E-state index is -4.76. The number of benzene rings is 2. The zero-order chi connectivity index (χ0) is 34.2. The van der Waals surface area contributed by atoms with Crippen molar-refractivity contribution in [2.45, 2.75) is 32.2 Å². The summed E-state index contributed by atoms with van der Waals surface area (Å²) in [7, 11) is 1.61. The summed E-state index contributed by atoms with van der Waals surface area (Å²) in [6, 6.07) is 16.3. The first-order chi connectivity index (χ1) is 22.9. The fourth-order valence-electron chi connectivity index (χ4n) is 6.79. The van der Waals surface area contributed by atoms with Gasteiger partial charge in [0.2, 0.25) is 5.91 Å². The molecule has 0 aliphatic carbocycles. The van der Waals surface area contributed by atoms with Gasteiger partial charge in [0.05, 0.1) is 16.9 Å². The first-order valence-electron chi connectivity index (χ1n) is 15.6. The van der Waals surface area contributed by atoms with Gasteiger partial charge in [-0.15, -0.1) is 0 Å². The van der Waals surface area contributed by atoms with Gasteiger partial charge >= 0.3 is 12.3 Å². The number of aryl methyl sites for hydroxylation is 1. The lowest BCUT2D eigenvalue weighted by atomic mass is 9.73. The second-order valence-electron chi connectivity index (χ2n) is 12.8. The molecule has 2 fully saturated rings. The number of alkyl halides is 3. The lowest BCUT2D eigenvalue weighted by Crippen LogP contribution is -2.73. The molecule has 0 radical (unpaired) electrons. The lowest BCUT2D eigenvalue weighted by Gasteiger charge is -2.60. The summed E-state index contributed by atoms with van der Waals surface area (Å²) in [6.45, 7) is 6.33. The van der Waals surface area contributed by atoms with Crippen molar-refractivity contribution in [1.29, 1.82) is 5.26 Å². The molecule has 252 valence electrons. The second-order valence-corrected chi connectivity index (χ2v) is 13.2. The van der Waals surface area contributed by atoms with Crippen molar-refractivity contribution in [3.63, 3.8) is 0 Å². The van der Waals surface area contributed by atoms with Gasteiger partial charge < -0.3 is 29.7 Å². The number of carbonyl (C=O) groups is 2. The van der Waals surface area contributed by atoms with E-state index in [1.54, 1.807) is 30.1 Å². The van der Waals surface area contributed by atoms with Gasteiger partial charge in [0.1, 0.15) is 30.1 Å². The van der Waals surface area contributed by atoms with E-state index in [2.05, 4.69) is 20.1 Å². The summed E-state index contributed by atoms with van der Waals surface area (Å²) in [4.78, 5) is 38.0. The fraction of sp³-hybridized carbons (Fsp3) is 0.412. The molecule has 0 saturated carbocycles. The highest BCUT2D eigenvalue weighted by Crippen LogP contribution is 2.41. The molecular formula is C34H35ClF3N7O3. The van der Waals surface area contributed by atoms with E-state index in [-0.39, 0.29) is 42.0 Å². The first-order valence-corrected chi connectivity index (χ1v) is 16.0. The predicted octanol–water partition coefficient (Wildman–Crippen LogP) is 5.54. The van der Waals surface area contributed by atoms with Gasteiger partial charge in [0.15, 0.2) is 0 Å². The highest BCUT2D eigenvalue weighted by atomic mass is 35.5. The number of likely N-dealkylation sites (N-methyl/N-ethyl adjacent to an activating group) is 1. The van der Waals surface area contributed by atoms with Gasteiger partial charge in [-0.3, -0.25) is 4.79 Å². The molecular weight excluding hydrogens is 647 g/mol. The Bertz CT molecular complexity index is 1740. The summed E-state index contributed by atoms with van der Waals surface area (Å²) < 4.78 is 46.7. The number of carbonyl (C=O) groups excluding carboxylic acids is 2. The zero-order valence-corrected chi connectivity index (χ0v) is 27.3. The Morgan fingerprint density at radius 2 is 1.83 bits per heavy atom. The number of aromatic nitrogens is 1. The van der Waals surface area contributed by atoms with Crippen LogP contribution >= 0.6 is 11.6 Å². The summed E-state index contributed by atoms with van der Waals surface area (Å²) in [5.74, 6) is -0.648. The van der Waals surface area contributed by atoms with E-state index < -0.39 is 23.3 Å². The molecule has 3 aliphatic heterocycles. The Balaban J connectivity index is 1.10. The van der Waals surface area contributed by atoms with Crippen LogP contribution < -0.4 is 15.1 Å². The van der Waals surface area contributed by atoms with Crippen LogP contribution in [0.5, 0.6) is 0 Å². The average Bonchev–Trinajstić information content (AvgIpc) is 3.01. The maximum absolute atomic E-state index is 13.8. The van der Waals surface area contributed by atoms with E-state index in [1.807, 2.05) is 36.4 Å². The summed E-state index contributed by atoms with van der Waals surface area (Å²) >= 11 is 6.39. The minimum Gasteiger partial charge on any atom is -0.445 e. The highest BCUT2D eigenvalue weighted by Gasteiger charge is 2.53. The van der Waals surface area contributed by atoms with E-state index in [4.69, 9.17) is 16.3 Å². The van der Waals surface area contributed by atoms with Crippen LogP contribution in [0.25, 0.3) is 0 Å². The number of halogens is 4. The van der Waals surface area contributed by atoms with Crippen LogP contribution in [0.15, 0.2) is 54.6 Å². The Hall–Kier alpha value is -4.54. The molecule has 0 unspecified atom stereocenters. The van der Waals surface area contributed by atoms with Crippen LogP contribution in [0.1, 0.15) is 28.8 Å². The number of nitrogens with zero attached hydrogens (tertiary/aromatic N) is 6. The third-order valence-electron chi connectivity index (χ3n) is 9.15. The van der Waals surface area contributed by atoms with Gasteiger partial charge in [0, 0.05) is 69.0 Å². The van der Waals surface area contributed by atoms with Crippen molar-refractivity contribution in [2.75, 3.05) is 68.0 Å². The SMILES string of the molecule is Cc1cc(C(F)(F)F)c(C#N)c(N[C@H]2CCN(CCN3CC4(C3)CN(C(=O)OCc3ccccc3)C4)c3cc(Cl)ccc3N(C)C2=O)n1. The first kappa shape index (κ1) is 33.4. The molecule has 14 heteroatoms. The van der Waals surface area contributed by atoms with Gasteiger partial charge in [-0.2, -0.15) is 18.4 Å². The van der Waals surface area contributed by atoms with Crippen molar-refractivity contribution in [3.05, 3.63) is 82.0 Å². The Kier molecular flexibility index (Phi) is 9.15. The number of ether oxygens (including phenoxy) is 1. The molecule has 2 amide bonds. The monoisotopic (exact) mass is 681 g/mol. The number of anilines is 3. The standard InChI is InChI=1S/C34H35ClF3N7O3/c1-22-14-26(34(36,37)38)25(16-39)30(40-22)41-27-10-11-44(29-15-24(35)8-9-28(29)42(2)31(27)46)13-12-43-18-33(19-43)20-45(21-33)32(47)48-17-23-6-4-3-5-7-23/h3-9,14-15,27H,10-13,17-21H2,1-2H3,(H,40,41)/t27-/m0/s1. The molecule has 3 aromatic rings. The number of nitriles is 1. The molecule has 1 N–H and O–H groups in total. The largest absolute Gasteiger partial charge is 0.445 e. The molecule has 6 rings (SSSR count). The Morgan fingerprint density at radius 1 is 1.10 bits per heavy atom. The van der Waals surface area contributed by atoms with Gasteiger partial charge in [-0.25, -0.2) is 9.78 Å². The predicted molar refractivity (Wildman–Crippen MR) is 175 cm³/mol. The van der Waals surface area contributed by atoms with E-state index in [0.717, 1.165) is 37.0 Å². The number of amides is 2. The van der Waals surface area contributed by atoms with Crippen LogP contribution in [0.4, 0.5) is 35.2 Å². The molecule has 0 bridgehead atoms. The molecule has 3 aliphatic rings. The van der Waals surface area contributed by atoms with E-state index in [0.29, 0.717) is 36.9 Å². The Labute approximate surface area is 281 Å². The summed E-state index contributed by atoms with van der Waals surface area (Å²) in [5.41, 5.74) is 0.694. The number of rotatable bonds is 7. The van der Waals surface area contributed by atoms with E-state index in [9.17, 15) is 28.0 Å². The zero-order valence-electron chi connectivity index (χ0n) is 26.6. The molecule has 1 atom stereocenters. The Morgan fingerprint density at radius 3 is 2.52 bits per heavy atom.